The largest absolute Gasteiger partial charge is 0.573 e. The van der Waals surface area contributed by atoms with Gasteiger partial charge in [-0.1, -0.05) is 0 Å². The molecule has 1 heterocycles. The summed E-state index contributed by atoms with van der Waals surface area (Å²) in [6.07, 6.45) is -5.58. The summed E-state index contributed by atoms with van der Waals surface area (Å²) in [5, 5.41) is 20.5. The quantitative estimate of drug-likeness (QED) is 0.217. The molecule has 1 aromatic heterocycles. The van der Waals surface area contributed by atoms with Crippen LogP contribution in [0, 0.1) is 10.1 Å². The van der Waals surface area contributed by atoms with Crippen molar-refractivity contribution in [3.05, 3.63) is 82.9 Å². The van der Waals surface area contributed by atoms with Gasteiger partial charge >= 0.3 is 12.5 Å². The number of alkyl halides is 3. The van der Waals surface area contributed by atoms with Crippen LogP contribution in [0.2, 0.25) is 0 Å². The summed E-state index contributed by atoms with van der Waals surface area (Å²) in [7, 11) is 1.62. The Morgan fingerprint density at radius 1 is 0.974 bits per heavy atom. The maximum absolute atomic E-state index is 12.4. The molecule has 11 nitrogen and oxygen atoms in total. The van der Waals surface area contributed by atoms with E-state index in [-0.39, 0.29) is 29.6 Å². The lowest BCUT2D eigenvalue weighted by molar-refractivity contribution is -0.384. The van der Waals surface area contributed by atoms with Gasteiger partial charge in [0, 0.05) is 30.4 Å². The number of nitrogens with zero attached hydrogens (tertiary/aromatic N) is 4. The molecule has 3 aromatic carbocycles. The van der Waals surface area contributed by atoms with E-state index in [4.69, 9.17) is 4.74 Å². The van der Waals surface area contributed by atoms with Gasteiger partial charge in [0.2, 0.25) is 5.95 Å². The van der Waals surface area contributed by atoms with Crippen molar-refractivity contribution in [1.29, 1.82) is 0 Å². The van der Waals surface area contributed by atoms with Crippen molar-refractivity contribution >= 4 is 35.8 Å². The number of amides is 1. The van der Waals surface area contributed by atoms with E-state index in [1.807, 2.05) is 0 Å². The lowest BCUT2D eigenvalue weighted by atomic mass is 10.2. The number of benzene rings is 3. The molecular weight excluding hydrogens is 533 g/mol. The number of carbonyl (C=O) groups excluding carboxylic acids is 1. The molecule has 0 atom stereocenters. The molecule has 0 fully saturated rings. The van der Waals surface area contributed by atoms with E-state index in [0.29, 0.717) is 28.7 Å². The fraction of sp³-hybridized carbons (Fsp3) is 0.0870. The minimum atomic E-state index is -4.79. The van der Waals surface area contributed by atoms with Crippen molar-refractivity contribution in [3.8, 4) is 28.6 Å². The topological polar surface area (TPSA) is 133 Å². The highest BCUT2D eigenvalue weighted by Crippen LogP contribution is 2.26. The molecule has 0 saturated carbocycles. The number of non-ortho nitro benzene ring substituents is 1. The first-order chi connectivity index (χ1) is 17.6. The number of ether oxygens (including phenoxy) is 2. The van der Waals surface area contributed by atoms with E-state index >= 15 is 0 Å². The van der Waals surface area contributed by atoms with Crippen LogP contribution in [0.3, 0.4) is 0 Å². The van der Waals surface area contributed by atoms with Gasteiger partial charge in [-0.2, -0.15) is 9.67 Å². The molecule has 0 aliphatic heterocycles. The van der Waals surface area contributed by atoms with Crippen LogP contribution in [0.15, 0.2) is 72.8 Å². The van der Waals surface area contributed by atoms with Gasteiger partial charge in [-0.25, -0.2) is 4.79 Å². The Morgan fingerprint density at radius 2 is 1.58 bits per heavy atom. The predicted octanol–water partition coefficient (Wildman–Crippen LogP) is 5.82. The third-order valence-corrected chi connectivity index (χ3v) is 4.79. The first kappa shape index (κ1) is 27.7. The van der Waals surface area contributed by atoms with Crippen LogP contribution in [-0.2, 0) is 0 Å². The minimum absolute atomic E-state index is 0. The number of rotatable bonds is 7. The summed E-state index contributed by atoms with van der Waals surface area (Å²) in [5.41, 5.74) is 1.32. The van der Waals surface area contributed by atoms with Crippen molar-refractivity contribution in [2.45, 2.75) is 6.36 Å². The fourth-order valence-electron chi connectivity index (χ4n) is 3.15. The molecule has 4 rings (SSSR count). The van der Waals surface area contributed by atoms with Crippen LogP contribution in [0.5, 0.6) is 11.5 Å². The van der Waals surface area contributed by atoms with Crippen molar-refractivity contribution in [1.82, 2.24) is 14.8 Å². The average Bonchev–Trinajstić information content (AvgIpc) is 3.29. The van der Waals surface area contributed by atoms with E-state index in [1.54, 1.807) is 31.3 Å². The number of hydrogen-bond donors (Lipinski definition) is 2. The summed E-state index contributed by atoms with van der Waals surface area (Å²) in [6.45, 7) is 0. The van der Waals surface area contributed by atoms with Crippen LogP contribution < -0.4 is 20.1 Å². The van der Waals surface area contributed by atoms with E-state index in [9.17, 15) is 28.1 Å². The molecule has 0 bridgehead atoms. The highest BCUT2D eigenvalue weighted by molar-refractivity contribution is 5.86. The van der Waals surface area contributed by atoms with E-state index < -0.39 is 17.4 Å². The van der Waals surface area contributed by atoms with E-state index in [1.165, 1.54) is 53.2 Å². The summed E-state index contributed by atoms with van der Waals surface area (Å²) in [4.78, 5) is 26.7. The predicted molar refractivity (Wildman–Crippen MR) is 133 cm³/mol. The first-order valence-corrected chi connectivity index (χ1v) is 10.5. The van der Waals surface area contributed by atoms with Crippen LogP contribution in [0.25, 0.3) is 17.1 Å². The van der Waals surface area contributed by atoms with Crippen LogP contribution in [-0.4, -0.2) is 39.2 Å². The molecule has 0 unspecified atom stereocenters. The number of anilines is 2. The maximum Gasteiger partial charge on any atom is 0.573 e. The average molecular weight is 551 g/mol. The molecule has 0 spiro atoms. The van der Waals surface area contributed by atoms with Gasteiger partial charge in [-0.05, 0) is 60.7 Å². The molecule has 0 radical (unpaired) electrons. The minimum Gasteiger partial charge on any atom is -0.410 e. The van der Waals surface area contributed by atoms with E-state index in [0.717, 1.165) is 0 Å². The standard InChI is InChI=1S/C23H17F3N6O5.ClH/c1-27-21-29-20(30-31(21)16-6-12-19(13-7-16)37-23(24,25)26)14-2-4-15(5-3-14)28-22(33)36-18-10-8-17(9-11-18)32(34)35;/h2-13H,1H3,(H,28,33)(H,27,29,30);1H. The Morgan fingerprint density at radius 3 is 2.13 bits per heavy atom. The molecule has 15 heteroatoms. The van der Waals surface area contributed by atoms with Gasteiger partial charge in [0.1, 0.15) is 11.5 Å². The second-order valence-corrected chi connectivity index (χ2v) is 7.31. The van der Waals surface area contributed by atoms with Crippen molar-refractivity contribution < 1.29 is 32.4 Å². The molecule has 0 aliphatic carbocycles. The summed E-state index contributed by atoms with van der Waals surface area (Å²) in [5.74, 6) is 0.429. The lowest BCUT2D eigenvalue weighted by Gasteiger charge is -2.10. The second kappa shape index (κ2) is 11.5. The van der Waals surface area contributed by atoms with Gasteiger partial charge in [0.05, 0.1) is 10.6 Å². The van der Waals surface area contributed by atoms with Crippen molar-refractivity contribution in [3.63, 3.8) is 0 Å². The summed E-state index contributed by atoms with van der Waals surface area (Å²) >= 11 is 0. The Labute approximate surface area is 218 Å². The monoisotopic (exact) mass is 550 g/mol. The number of nitrogens with one attached hydrogen (secondary N) is 2. The first-order valence-electron chi connectivity index (χ1n) is 10.5. The van der Waals surface area contributed by atoms with Crippen molar-refractivity contribution in [2.24, 2.45) is 0 Å². The molecule has 2 N–H and O–H groups in total. The van der Waals surface area contributed by atoms with Crippen LogP contribution in [0.1, 0.15) is 0 Å². The Bertz CT molecular complexity index is 1410. The number of carbonyl (C=O) groups is 1. The maximum atomic E-state index is 12.4. The van der Waals surface area contributed by atoms with Gasteiger partial charge < -0.3 is 14.8 Å². The number of hydrogen-bond acceptors (Lipinski definition) is 8. The van der Waals surface area contributed by atoms with Crippen LogP contribution >= 0.6 is 12.4 Å². The summed E-state index contributed by atoms with van der Waals surface area (Å²) < 4.78 is 47.6. The van der Waals surface area contributed by atoms with Crippen molar-refractivity contribution in [2.75, 3.05) is 17.7 Å². The Kier molecular flexibility index (Phi) is 8.37. The number of halogens is 4. The van der Waals surface area contributed by atoms with Gasteiger partial charge in [0.15, 0.2) is 5.82 Å². The second-order valence-electron chi connectivity index (χ2n) is 7.31. The van der Waals surface area contributed by atoms with Gasteiger partial charge in [-0.15, -0.1) is 30.7 Å². The Balaban J connectivity index is 0.00000400. The van der Waals surface area contributed by atoms with E-state index in [2.05, 4.69) is 25.5 Å². The normalized spacial score (nSPS) is 10.7. The molecule has 198 valence electrons. The van der Waals surface area contributed by atoms with Crippen LogP contribution in [0.4, 0.5) is 35.3 Å². The molecule has 0 saturated heterocycles. The molecular formula is C23H18ClF3N6O5. The third-order valence-electron chi connectivity index (χ3n) is 4.79. The number of nitro groups is 1. The lowest BCUT2D eigenvalue weighted by Crippen LogP contribution is -2.17. The summed E-state index contributed by atoms with van der Waals surface area (Å²) in [6, 6.07) is 16.7. The molecule has 1 amide bonds. The highest BCUT2D eigenvalue weighted by Gasteiger charge is 2.31. The van der Waals surface area contributed by atoms with Gasteiger partial charge in [-0.3, -0.25) is 15.4 Å². The zero-order valence-electron chi connectivity index (χ0n) is 19.3. The highest BCUT2D eigenvalue weighted by atomic mass is 35.5. The number of nitro benzene ring substituents is 1. The Hall–Kier alpha value is -4.85. The SMILES string of the molecule is CNc1nc(-c2ccc(NC(=O)Oc3ccc([N+](=O)[O-])cc3)cc2)nn1-c1ccc(OC(F)(F)F)cc1.Cl. The zero-order valence-corrected chi connectivity index (χ0v) is 20.1. The molecule has 38 heavy (non-hydrogen) atoms. The molecule has 4 aromatic rings. The zero-order chi connectivity index (χ0) is 26.6. The van der Waals surface area contributed by atoms with Gasteiger partial charge in [0.25, 0.3) is 5.69 Å². The fourth-order valence-corrected chi connectivity index (χ4v) is 3.15. The third kappa shape index (κ3) is 6.88. The molecule has 0 aliphatic rings. The smallest absolute Gasteiger partial charge is 0.410 e. The number of aromatic nitrogens is 3.